The van der Waals surface area contributed by atoms with Gasteiger partial charge >= 0.3 is 0 Å². The smallest absolute Gasteiger partial charge is 0.232 e. The molecule has 0 spiro atoms. The van der Waals surface area contributed by atoms with Gasteiger partial charge in [-0.1, -0.05) is 29.9 Å². The second-order valence-corrected chi connectivity index (χ2v) is 7.61. The predicted octanol–water partition coefficient (Wildman–Crippen LogP) is 2.22. The third-order valence-electron chi connectivity index (χ3n) is 2.56. The van der Waals surface area contributed by atoms with Crippen LogP contribution in [0.2, 0.25) is 4.47 Å². The Hall–Kier alpha value is -0.170. The van der Waals surface area contributed by atoms with E-state index < -0.39 is 10.0 Å². The van der Waals surface area contributed by atoms with E-state index in [1.165, 1.54) is 10.5 Å². The predicted molar refractivity (Wildman–Crippen MR) is 64.3 cm³/mol. The van der Waals surface area contributed by atoms with Crippen LogP contribution in [0.3, 0.4) is 0 Å². The molecule has 4 nitrogen and oxygen atoms in total. The molecule has 0 saturated heterocycles. The van der Waals surface area contributed by atoms with Crippen molar-refractivity contribution >= 4 is 33.0 Å². The van der Waals surface area contributed by atoms with Crippen LogP contribution in [0.15, 0.2) is 10.4 Å². The summed E-state index contributed by atoms with van der Waals surface area (Å²) < 4.78 is 26.4. The van der Waals surface area contributed by atoms with Crippen molar-refractivity contribution in [3.63, 3.8) is 0 Å². The molecule has 16 heavy (non-hydrogen) atoms. The first-order chi connectivity index (χ1) is 7.54. The lowest BCUT2D eigenvalue weighted by Gasteiger charge is -2.18. The van der Waals surface area contributed by atoms with Gasteiger partial charge in [0.1, 0.15) is 0 Å². The van der Waals surface area contributed by atoms with Gasteiger partial charge in [0.25, 0.3) is 10.0 Å². The van der Waals surface area contributed by atoms with Crippen molar-refractivity contribution in [2.45, 2.75) is 24.0 Å². The summed E-state index contributed by atoms with van der Waals surface area (Å²) in [6.45, 7) is 2.96. The van der Waals surface area contributed by atoms with Gasteiger partial charge in [0.15, 0.2) is 8.68 Å². The number of thiazole rings is 1. The van der Waals surface area contributed by atoms with Crippen molar-refractivity contribution in [1.29, 1.82) is 0 Å². The second kappa shape index (κ2) is 4.60. The summed E-state index contributed by atoms with van der Waals surface area (Å²) in [4.78, 5) is 3.77. The van der Waals surface area contributed by atoms with Gasteiger partial charge in [-0.3, -0.25) is 0 Å². The number of halogens is 1. The summed E-state index contributed by atoms with van der Waals surface area (Å²) in [6.07, 6.45) is 3.60. The molecule has 1 heterocycles. The van der Waals surface area contributed by atoms with Gasteiger partial charge in [-0.25, -0.2) is 13.4 Å². The highest BCUT2D eigenvalue weighted by atomic mass is 35.5. The first-order valence-electron chi connectivity index (χ1n) is 5.15. The van der Waals surface area contributed by atoms with Crippen LogP contribution in [0.25, 0.3) is 0 Å². The molecule has 0 amide bonds. The van der Waals surface area contributed by atoms with Crippen LogP contribution in [0, 0.1) is 5.92 Å². The van der Waals surface area contributed by atoms with Crippen LogP contribution < -0.4 is 0 Å². The van der Waals surface area contributed by atoms with Gasteiger partial charge < -0.3 is 0 Å². The van der Waals surface area contributed by atoms with Crippen LogP contribution in [0.4, 0.5) is 0 Å². The molecular formula is C9H13ClN2O2S2. The van der Waals surface area contributed by atoms with Crippen molar-refractivity contribution in [1.82, 2.24) is 9.29 Å². The molecular weight excluding hydrogens is 268 g/mol. The maximum atomic E-state index is 12.2. The normalized spacial score (nSPS) is 16.9. The lowest BCUT2D eigenvalue weighted by Crippen LogP contribution is -2.32. The maximum absolute atomic E-state index is 12.2. The highest BCUT2D eigenvalue weighted by Crippen LogP contribution is 2.32. The standard InChI is InChI=1S/C9H13ClN2O2S2/c1-2-12(6-7-3-4-7)16(13,14)8-5-11-9(10)15-8/h5,7H,2-4,6H2,1H3. The second-order valence-electron chi connectivity index (χ2n) is 3.83. The van der Waals surface area contributed by atoms with Gasteiger partial charge in [0.05, 0.1) is 6.20 Å². The molecule has 90 valence electrons. The largest absolute Gasteiger partial charge is 0.254 e. The lowest BCUT2D eigenvalue weighted by molar-refractivity contribution is 0.413. The minimum atomic E-state index is -3.38. The first kappa shape index (κ1) is 12.3. The summed E-state index contributed by atoms with van der Waals surface area (Å²) in [6, 6.07) is 0. The molecule has 0 atom stereocenters. The van der Waals surface area contributed by atoms with E-state index in [1.807, 2.05) is 6.92 Å². The lowest BCUT2D eigenvalue weighted by atomic mass is 10.4. The molecule has 0 aromatic carbocycles. The van der Waals surface area contributed by atoms with Crippen LogP contribution in [0.5, 0.6) is 0 Å². The fourth-order valence-electron chi connectivity index (χ4n) is 1.47. The molecule has 0 aliphatic heterocycles. The van der Waals surface area contributed by atoms with Crippen LogP contribution in [0.1, 0.15) is 19.8 Å². The Balaban J connectivity index is 2.21. The van der Waals surface area contributed by atoms with Crippen LogP contribution in [-0.2, 0) is 10.0 Å². The maximum Gasteiger partial charge on any atom is 0.254 e. The Kier molecular flexibility index (Phi) is 3.53. The fourth-order valence-corrected chi connectivity index (χ4v) is 4.45. The minimum Gasteiger partial charge on any atom is -0.232 e. The fraction of sp³-hybridized carbons (Fsp3) is 0.667. The zero-order chi connectivity index (χ0) is 11.8. The summed E-state index contributed by atoms with van der Waals surface area (Å²) >= 11 is 6.67. The van der Waals surface area contributed by atoms with Gasteiger partial charge in [-0.15, -0.1) is 0 Å². The monoisotopic (exact) mass is 280 g/mol. The van der Waals surface area contributed by atoms with Crippen molar-refractivity contribution in [3.05, 3.63) is 10.7 Å². The molecule has 1 aromatic heterocycles. The summed E-state index contributed by atoms with van der Waals surface area (Å²) in [7, 11) is -3.38. The van der Waals surface area contributed by atoms with Crippen molar-refractivity contribution in [3.8, 4) is 0 Å². The minimum absolute atomic E-state index is 0.236. The molecule has 0 radical (unpaired) electrons. The molecule has 7 heteroatoms. The van der Waals surface area contributed by atoms with E-state index in [2.05, 4.69) is 4.98 Å². The third-order valence-corrected chi connectivity index (χ3v) is 6.05. The van der Waals surface area contributed by atoms with E-state index in [4.69, 9.17) is 11.6 Å². The number of nitrogens with zero attached hydrogens (tertiary/aromatic N) is 2. The topological polar surface area (TPSA) is 50.3 Å². The van der Waals surface area contributed by atoms with Gasteiger partial charge in [0.2, 0.25) is 0 Å². The van der Waals surface area contributed by atoms with Crippen LogP contribution in [-0.4, -0.2) is 30.8 Å². The average molecular weight is 281 g/mol. The Bertz CT molecular complexity index is 468. The molecule has 0 bridgehead atoms. The molecule has 1 aromatic rings. The molecule has 0 unspecified atom stereocenters. The van der Waals surface area contributed by atoms with E-state index in [-0.39, 0.29) is 8.68 Å². The van der Waals surface area contributed by atoms with Gasteiger partial charge in [-0.05, 0) is 18.8 Å². The molecule has 0 N–H and O–H groups in total. The van der Waals surface area contributed by atoms with Crippen molar-refractivity contribution in [2.24, 2.45) is 5.92 Å². The Morgan fingerprint density at radius 1 is 1.62 bits per heavy atom. The van der Waals surface area contributed by atoms with Crippen LogP contribution >= 0.6 is 22.9 Å². The summed E-state index contributed by atoms with van der Waals surface area (Å²) in [5, 5.41) is 0. The molecule has 1 saturated carbocycles. The van der Waals surface area contributed by atoms with E-state index in [9.17, 15) is 8.42 Å². The van der Waals surface area contributed by atoms with E-state index in [0.717, 1.165) is 24.2 Å². The zero-order valence-electron chi connectivity index (χ0n) is 8.89. The number of rotatable bonds is 5. The Morgan fingerprint density at radius 3 is 2.75 bits per heavy atom. The Labute approximate surface area is 104 Å². The quantitative estimate of drug-likeness (QED) is 0.831. The average Bonchev–Trinajstić information content (AvgIpc) is 2.95. The number of hydrogen-bond acceptors (Lipinski definition) is 4. The Morgan fingerprint density at radius 2 is 2.31 bits per heavy atom. The van der Waals surface area contributed by atoms with Crippen molar-refractivity contribution < 1.29 is 8.42 Å². The zero-order valence-corrected chi connectivity index (χ0v) is 11.3. The first-order valence-corrected chi connectivity index (χ1v) is 7.79. The molecule has 2 rings (SSSR count). The van der Waals surface area contributed by atoms with E-state index in [0.29, 0.717) is 19.0 Å². The highest BCUT2D eigenvalue weighted by molar-refractivity contribution is 7.91. The van der Waals surface area contributed by atoms with E-state index >= 15 is 0 Å². The highest BCUT2D eigenvalue weighted by Gasteiger charge is 2.31. The molecule has 1 aliphatic rings. The third kappa shape index (κ3) is 2.56. The molecule has 1 aliphatic carbocycles. The van der Waals surface area contributed by atoms with Crippen molar-refractivity contribution in [2.75, 3.05) is 13.1 Å². The van der Waals surface area contributed by atoms with E-state index in [1.54, 1.807) is 0 Å². The summed E-state index contributed by atoms with van der Waals surface area (Å²) in [5.41, 5.74) is 0. The number of aromatic nitrogens is 1. The summed E-state index contributed by atoms with van der Waals surface area (Å²) in [5.74, 6) is 0.540. The number of sulfonamides is 1. The van der Waals surface area contributed by atoms with Gasteiger partial charge in [-0.2, -0.15) is 4.31 Å². The molecule has 1 fully saturated rings. The number of hydrogen-bond donors (Lipinski definition) is 0. The van der Waals surface area contributed by atoms with Gasteiger partial charge in [0, 0.05) is 13.1 Å². The SMILES string of the molecule is CCN(CC1CC1)S(=O)(=O)c1cnc(Cl)s1.